The fourth-order valence-electron chi connectivity index (χ4n) is 4.30. The molecule has 7 nitrogen and oxygen atoms in total. The highest BCUT2D eigenvalue weighted by Crippen LogP contribution is 2.36. The summed E-state index contributed by atoms with van der Waals surface area (Å²) < 4.78 is 5.23. The van der Waals surface area contributed by atoms with Crippen molar-refractivity contribution in [3.05, 3.63) is 47.9 Å². The molecule has 7 heteroatoms. The number of hydrogen-bond donors (Lipinski definition) is 1. The molecule has 1 saturated heterocycles. The average Bonchev–Trinajstić information content (AvgIpc) is 3.27. The molecule has 1 aromatic heterocycles. The number of furan rings is 1. The van der Waals surface area contributed by atoms with Gasteiger partial charge in [0, 0.05) is 26.6 Å². The van der Waals surface area contributed by atoms with Crippen molar-refractivity contribution in [1.82, 2.24) is 4.90 Å². The molecule has 0 radical (unpaired) electrons. The first-order chi connectivity index (χ1) is 14.0. The summed E-state index contributed by atoms with van der Waals surface area (Å²) >= 11 is 0. The molecule has 0 bridgehead atoms. The molecule has 2 aliphatic heterocycles. The molecule has 1 aromatic carbocycles. The zero-order valence-electron chi connectivity index (χ0n) is 16.5. The zero-order chi connectivity index (χ0) is 20.4. The highest BCUT2D eigenvalue weighted by Gasteiger charge is 2.35. The second kappa shape index (κ2) is 8.11. The van der Waals surface area contributed by atoms with Crippen molar-refractivity contribution in [1.29, 1.82) is 0 Å². The number of likely N-dealkylation sites (tertiary alicyclic amines) is 1. The van der Waals surface area contributed by atoms with Crippen LogP contribution in [0.3, 0.4) is 0 Å². The summed E-state index contributed by atoms with van der Waals surface area (Å²) in [7, 11) is 0. The number of anilines is 2. The third kappa shape index (κ3) is 3.90. The van der Waals surface area contributed by atoms with Crippen LogP contribution >= 0.6 is 0 Å². The Bertz CT molecular complexity index is 922. The minimum atomic E-state index is -0.265. The van der Waals surface area contributed by atoms with Crippen LogP contribution in [-0.4, -0.2) is 42.3 Å². The van der Waals surface area contributed by atoms with E-state index in [4.69, 9.17) is 4.42 Å². The van der Waals surface area contributed by atoms with Crippen LogP contribution in [0, 0.1) is 5.92 Å². The largest absolute Gasteiger partial charge is 0.459 e. The standard InChI is InChI=1S/C22H25N3O4/c1-15(26)23-18-9-2-6-16-7-4-12-25(20(16)18)21(27)17-8-3-11-24(14-17)22(28)19-10-5-13-29-19/h2,5-6,9-10,13,17H,3-4,7-8,11-12,14H2,1H3,(H,23,26). The number of nitrogens with one attached hydrogen (secondary N) is 1. The first kappa shape index (κ1) is 19.2. The topological polar surface area (TPSA) is 82.9 Å². The number of amides is 3. The maximum atomic E-state index is 13.5. The lowest BCUT2D eigenvalue weighted by Crippen LogP contribution is -2.48. The number of hydrogen-bond acceptors (Lipinski definition) is 4. The van der Waals surface area contributed by atoms with Crippen molar-refractivity contribution in [3.63, 3.8) is 0 Å². The van der Waals surface area contributed by atoms with E-state index in [1.54, 1.807) is 21.9 Å². The van der Waals surface area contributed by atoms with Gasteiger partial charge in [-0.15, -0.1) is 0 Å². The number of rotatable bonds is 3. The van der Waals surface area contributed by atoms with E-state index in [0.717, 1.165) is 36.9 Å². The summed E-state index contributed by atoms with van der Waals surface area (Å²) in [6, 6.07) is 9.08. The lowest BCUT2D eigenvalue weighted by atomic mass is 9.93. The lowest BCUT2D eigenvalue weighted by Gasteiger charge is -2.37. The van der Waals surface area contributed by atoms with Crippen molar-refractivity contribution in [2.45, 2.75) is 32.6 Å². The van der Waals surface area contributed by atoms with E-state index < -0.39 is 0 Å². The Morgan fingerprint density at radius 3 is 2.72 bits per heavy atom. The molecule has 3 amide bonds. The molecule has 2 aromatic rings. The van der Waals surface area contributed by atoms with Gasteiger partial charge in [0.1, 0.15) is 0 Å². The molecule has 4 rings (SSSR count). The highest BCUT2D eigenvalue weighted by molar-refractivity contribution is 6.03. The molecular formula is C22H25N3O4. The summed E-state index contributed by atoms with van der Waals surface area (Å²) in [5, 5.41) is 2.86. The maximum Gasteiger partial charge on any atom is 0.289 e. The minimum absolute atomic E-state index is 0.0145. The monoisotopic (exact) mass is 395 g/mol. The van der Waals surface area contributed by atoms with Crippen molar-refractivity contribution in [3.8, 4) is 0 Å². The number of carbonyl (C=O) groups is 3. The molecule has 1 unspecified atom stereocenters. The Morgan fingerprint density at radius 2 is 1.97 bits per heavy atom. The van der Waals surface area contributed by atoms with Crippen LogP contribution in [0.15, 0.2) is 41.0 Å². The predicted molar refractivity (Wildman–Crippen MR) is 109 cm³/mol. The Kier molecular flexibility index (Phi) is 5.38. The molecule has 29 heavy (non-hydrogen) atoms. The van der Waals surface area contributed by atoms with Crippen LogP contribution in [0.4, 0.5) is 11.4 Å². The summed E-state index contributed by atoms with van der Waals surface area (Å²) in [5.74, 6) is -0.288. The van der Waals surface area contributed by atoms with E-state index in [2.05, 4.69) is 5.32 Å². The molecular weight excluding hydrogens is 370 g/mol. The highest BCUT2D eigenvalue weighted by atomic mass is 16.3. The van der Waals surface area contributed by atoms with E-state index in [-0.39, 0.29) is 23.6 Å². The molecule has 1 fully saturated rings. The lowest BCUT2D eigenvalue weighted by molar-refractivity contribution is -0.123. The molecule has 3 heterocycles. The fourth-order valence-corrected chi connectivity index (χ4v) is 4.30. The SMILES string of the molecule is CC(=O)Nc1cccc2c1N(C(=O)C1CCCN(C(=O)c3ccco3)C1)CCC2. The van der Waals surface area contributed by atoms with Crippen LogP contribution in [0.25, 0.3) is 0 Å². The van der Waals surface area contributed by atoms with Crippen LogP contribution < -0.4 is 10.2 Å². The van der Waals surface area contributed by atoms with E-state index in [0.29, 0.717) is 31.1 Å². The normalized spacial score (nSPS) is 18.9. The smallest absolute Gasteiger partial charge is 0.289 e. The Balaban J connectivity index is 1.56. The fraction of sp³-hybridized carbons (Fsp3) is 0.409. The third-order valence-electron chi connectivity index (χ3n) is 5.58. The van der Waals surface area contributed by atoms with E-state index in [1.165, 1.54) is 13.2 Å². The Labute approximate surface area is 169 Å². The van der Waals surface area contributed by atoms with Crippen molar-refractivity contribution in [2.24, 2.45) is 5.92 Å². The predicted octanol–water partition coefficient (Wildman–Crippen LogP) is 3.07. The van der Waals surface area contributed by atoms with Gasteiger partial charge in [0.05, 0.1) is 23.6 Å². The van der Waals surface area contributed by atoms with E-state index >= 15 is 0 Å². The van der Waals surface area contributed by atoms with Crippen molar-refractivity contribution >= 4 is 29.1 Å². The van der Waals surface area contributed by atoms with Crippen molar-refractivity contribution in [2.75, 3.05) is 29.9 Å². The third-order valence-corrected chi connectivity index (χ3v) is 5.58. The first-order valence-corrected chi connectivity index (χ1v) is 10.1. The Morgan fingerprint density at radius 1 is 1.10 bits per heavy atom. The molecule has 1 atom stereocenters. The summed E-state index contributed by atoms with van der Waals surface area (Å²) in [4.78, 5) is 41.2. The van der Waals surface area contributed by atoms with Gasteiger partial charge < -0.3 is 19.5 Å². The van der Waals surface area contributed by atoms with Gasteiger partial charge in [0.2, 0.25) is 11.8 Å². The maximum absolute atomic E-state index is 13.5. The van der Waals surface area contributed by atoms with Crippen LogP contribution in [0.2, 0.25) is 0 Å². The number of carbonyl (C=O) groups excluding carboxylic acids is 3. The number of aryl methyl sites for hydroxylation is 1. The zero-order valence-corrected chi connectivity index (χ0v) is 16.5. The van der Waals surface area contributed by atoms with Gasteiger partial charge in [0.25, 0.3) is 5.91 Å². The van der Waals surface area contributed by atoms with Crippen LogP contribution in [0.1, 0.15) is 42.3 Å². The number of nitrogens with zero attached hydrogens (tertiary/aromatic N) is 2. The number of benzene rings is 1. The number of para-hydroxylation sites is 1. The van der Waals surface area contributed by atoms with Gasteiger partial charge >= 0.3 is 0 Å². The first-order valence-electron chi connectivity index (χ1n) is 10.1. The van der Waals surface area contributed by atoms with Gasteiger partial charge in [0.15, 0.2) is 5.76 Å². The molecule has 152 valence electrons. The molecule has 0 saturated carbocycles. The second-order valence-electron chi connectivity index (χ2n) is 7.66. The number of piperidine rings is 1. The van der Waals surface area contributed by atoms with Crippen LogP contribution in [0.5, 0.6) is 0 Å². The van der Waals surface area contributed by atoms with Crippen molar-refractivity contribution < 1.29 is 18.8 Å². The quantitative estimate of drug-likeness (QED) is 0.866. The van der Waals surface area contributed by atoms with Gasteiger partial charge in [-0.1, -0.05) is 12.1 Å². The second-order valence-corrected chi connectivity index (χ2v) is 7.66. The Hall–Kier alpha value is -3.09. The average molecular weight is 395 g/mol. The van der Waals surface area contributed by atoms with E-state index in [9.17, 15) is 14.4 Å². The number of fused-ring (bicyclic) bond motifs is 1. The van der Waals surface area contributed by atoms with Gasteiger partial charge in [-0.25, -0.2) is 0 Å². The van der Waals surface area contributed by atoms with Crippen LogP contribution in [-0.2, 0) is 16.0 Å². The minimum Gasteiger partial charge on any atom is -0.459 e. The molecule has 0 aliphatic carbocycles. The summed E-state index contributed by atoms with van der Waals surface area (Å²) in [5.41, 5.74) is 2.53. The van der Waals surface area contributed by atoms with Gasteiger partial charge in [-0.05, 0) is 49.4 Å². The molecule has 2 aliphatic rings. The summed E-state index contributed by atoms with van der Waals surface area (Å²) in [6.07, 6.45) is 4.75. The van der Waals surface area contributed by atoms with Gasteiger partial charge in [-0.2, -0.15) is 0 Å². The van der Waals surface area contributed by atoms with Gasteiger partial charge in [-0.3, -0.25) is 14.4 Å². The molecule has 1 N–H and O–H groups in total. The summed E-state index contributed by atoms with van der Waals surface area (Å²) in [6.45, 7) is 3.09. The van der Waals surface area contributed by atoms with E-state index in [1.807, 2.05) is 18.2 Å². The molecule has 0 spiro atoms.